The molecule has 0 amide bonds. The van der Waals surface area contributed by atoms with Crippen molar-refractivity contribution in [2.45, 2.75) is 25.7 Å². The topological polar surface area (TPSA) is 47.9 Å². The Kier molecular flexibility index (Phi) is 6.96. The lowest BCUT2D eigenvalue weighted by molar-refractivity contribution is -0.0560. The van der Waals surface area contributed by atoms with Crippen LogP contribution in [0.4, 0.5) is 0 Å². The summed E-state index contributed by atoms with van der Waals surface area (Å²) >= 11 is 0. The average molecular weight is 232 g/mol. The highest BCUT2D eigenvalue weighted by molar-refractivity contribution is 4.80. The molecule has 1 N–H and O–H groups in total. The predicted octanol–water partition coefficient (Wildman–Crippen LogP) is 1.22. The van der Waals surface area contributed by atoms with E-state index in [9.17, 15) is 5.11 Å². The molecule has 1 rings (SSSR count). The van der Waals surface area contributed by atoms with E-state index in [2.05, 4.69) is 0 Å². The van der Waals surface area contributed by atoms with Gasteiger partial charge in [-0.15, -0.1) is 0 Å². The highest BCUT2D eigenvalue weighted by atomic mass is 16.5. The van der Waals surface area contributed by atoms with Crippen LogP contribution in [0.1, 0.15) is 25.7 Å². The second-order valence-corrected chi connectivity index (χ2v) is 4.52. The minimum atomic E-state index is -0.0560. The van der Waals surface area contributed by atoms with E-state index in [0.29, 0.717) is 13.2 Å². The SMILES string of the molecule is COCCCOCCC1(CO)CCCOC1. The molecule has 1 unspecified atom stereocenters. The molecule has 0 radical (unpaired) electrons. The van der Waals surface area contributed by atoms with Crippen LogP contribution in [0.5, 0.6) is 0 Å². The molecular formula is C12H24O4. The second kappa shape index (κ2) is 8.01. The van der Waals surface area contributed by atoms with Gasteiger partial charge < -0.3 is 19.3 Å². The molecule has 4 heteroatoms. The maximum Gasteiger partial charge on any atom is 0.0545 e. The molecule has 0 bridgehead atoms. The summed E-state index contributed by atoms with van der Waals surface area (Å²) in [4.78, 5) is 0. The molecule has 1 atom stereocenters. The summed E-state index contributed by atoms with van der Waals surface area (Å²) in [6, 6.07) is 0. The lowest BCUT2D eigenvalue weighted by atomic mass is 9.80. The highest BCUT2D eigenvalue weighted by Gasteiger charge is 2.31. The van der Waals surface area contributed by atoms with Gasteiger partial charge in [-0.2, -0.15) is 0 Å². The molecule has 1 aliphatic rings. The Morgan fingerprint density at radius 3 is 2.81 bits per heavy atom. The van der Waals surface area contributed by atoms with Crippen molar-refractivity contribution in [2.24, 2.45) is 5.41 Å². The van der Waals surface area contributed by atoms with Gasteiger partial charge in [-0.05, 0) is 25.7 Å². The molecule has 1 fully saturated rings. The maximum absolute atomic E-state index is 9.43. The van der Waals surface area contributed by atoms with Crippen LogP contribution in [-0.4, -0.2) is 51.9 Å². The van der Waals surface area contributed by atoms with Gasteiger partial charge in [0, 0.05) is 39.0 Å². The molecule has 4 nitrogen and oxygen atoms in total. The van der Waals surface area contributed by atoms with Crippen LogP contribution < -0.4 is 0 Å². The van der Waals surface area contributed by atoms with Crippen LogP contribution in [0.3, 0.4) is 0 Å². The third-order valence-corrected chi connectivity index (χ3v) is 3.15. The molecule has 0 spiro atoms. The highest BCUT2D eigenvalue weighted by Crippen LogP contribution is 2.31. The molecule has 0 saturated carbocycles. The smallest absolute Gasteiger partial charge is 0.0545 e. The molecule has 0 aromatic rings. The Labute approximate surface area is 97.9 Å². The third-order valence-electron chi connectivity index (χ3n) is 3.15. The van der Waals surface area contributed by atoms with Crippen molar-refractivity contribution >= 4 is 0 Å². The molecule has 1 saturated heterocycles. The number of methoxy groups -OCH3 is 1. The lowest BCUT2D eigenvalue weighted by Crippen LogP contribution is -2.36. The number of ether oxygens (including phenoxy) is 3. The third kappa shape index (κ3) is 4.78. The summed E-state index contributed by atoms with van der Waals surface area (Å²) in [6.45, 7) is 3.88. The predicted molar refractivity (Wildman–Crippen MR) is 61.5 cm³/mol. The molecule has 96 valence electrons. The number of hydrogen-bond donors (Lipinski definition) is 1. The Bertz CT molecular complexity index is 166. The van der Waals surface area contributed by atoms with Gasteiger partial charge in [0.05, 0.1) is 13.2 Å². The summed E-state index contributed by atoms with van der Waals surface area (Å²) in [5.41, 5.74) is -0.0560. The van der Waals surface area contributed by atoms with Crippen molar-refractivity contribution < 1.29 is 19.3 Å². The number of hydrogen-bond acceptors (Lipinski definition) is 4. The van der Waals surface area contributed by atoms with Crippen molar-refractivity contribution in [1.29, 1.82) is 0 Å². The quantitative estimate of drug-likeness (QED) is 0.639. The van der Waals surface area contributed by atoms with Gasteiger partial charge in [-0.25, -0.2) is 0 Å². The fraction of sp³-hybridized carbons (Fsp3) is 1.00. The molecule has 0 aromatic heterocycles. The molecular weight excluding hydrogens is 208 g/mol. The first-order valence-electron chi connectivity index (χ1n) is 6.08. The Hall–Kier alpha value is -0.160. The number of aliphatic hydroxyl groups is 1. The van der Waals surface area contributed by atoms with Crippen LogP contribution in [-0.2, 0) is 14.2 Å². The first-order valence-corrected chi connectivity index (χ1v) is 6.08. The zero-order valence-electron chi connectivity index (χ0n) is 10.2. The first-order chi connectivity index (χ1) is 7.83. The van der Waals surface area contributed by atoms with Crippen molar-refractivity contribution in [3.63, 3.8) is 0 Å². The summed E-state index contributed by atoms with van der Waals surface area (Å²) in [5.74, 6) is 0. The van der Waals surface area contributed by atoms with Gasteiger partial charge >= 0.3 is 0 Å². The molecule has 16 heavy (non-hydrogen) atoms. The minimum absolute atomic E-state index is 0.0560. The van der Waals surface area contributed by atoms with Crippen LogP contribution in [0.2, 0.25) is 0 Å². The molecule has 0 aliphatic carbocycles. The minimum Gasteiger partial charge on any atom is -0.396 e. The van der Waals surface area contributed by atoms with Crippen LogP contribution >= 0.6 is 0 Å². The molecule has 0 aromatic carbocycles. The average Bonchev–Trinajstić information content (AvgIpc) is 2.35. The van der Waals surface area contributed by atoms with E-state index in [1.165, 1.54) is 0 Å². The van der Waals surface area contributed by atoms with Crippen molar-refractivity contribution in [1.82, 2.24) is 0 Å². The van der Waals surface area contributed by atoms with Crippen LogP contribution in [0, 0.1) is 5.41 Å². The Balaban J connectivity index is 2.08. The fourth-order valence-electron chi connectivity index (χ4n) is 2.01. The van der Waals surface area contributed by atoms with Gasteiger partial charge in [-0.3, -0.25) is 0 Å². The van der Waals surface area contributed by atoms with Gasteiger partial charge in [0.2, 0.25) is 0 Å². The van der Waals surface area contributed by atoms with Gasteiger partial charge in [0.25, 0.3) is 0 Å². The van der Waals surface area contributed by atoms with E-state index in [0.717, 1.165) is 45.5 Å². The van der Waals surface area contributed by atoms with Crippen molar-refractivity contribution in [3.05, 3.63) is 0 Å². The second-order valence-electron chi connectivity index (χ2n) is 4.52. The summed E-state index contributed by atoms with van der Waals surface area (Å²) < 4.78 is 15.9. The molecule has 1 heterocycles. The van der Waals surface area contributed by atoms with E-state index >= 15 is 0 Å². The lowest BCUT2D eigenvalue weighted by Gasteiger charge is -2.35. The molecule has 1 aliphatic heterocycles. The van der Waals surface area contributed by atoms with Crippen molar-refractivity contribution in [2.75, 3.05) is 46.8 Å². The zero-order chi connectivity index (χ0) is 11.7. The summed E-state index contributed by atoms with van der Waals surface area (Å²) in [7, 11) is 1.69. The fourth-order valence-corrected chi connectivity index (χ4v) is 2.01. The standard InChI is InChI=1S/C12H24O4/c1-14-6-3-8-15-9-5-12(10-13)4-2-7-16-11-12/h13H,2-11H2,1H3. The van der Waals surface area contributed by atoms with Crippen LogP contribution in [0.15, 0.2) is 0 Å². The number of aliphatic hydroxyl groups excluding tert-OH is 1. The monoisotopic (exact) mass is 232 g/mol. The normalized spacial score (nSPS) is 25.9. The van der Waals surface area contributed by atoms with Gasteiger partial charge in [-0.1, -0.05) is 0 Å². The maximum atomic E-state index is 9.43. The Morgan fingerprint density at radius 1 is 1.31 bits per heavy atom. The van der Waals surface area contributed by atoms with E-state index in [1.54, 1.807) is 7.11 Å². The van der Waals surface area contributed by atoms with E-state index in [1.807, 2.05) is 0 Å². The summed E-state index contributed by atoms with van der Waals surface area (Å²) in [5, 5.41) is 9.43. The van der Waals surface area contributed by atoms with Crippen molar-refractivity contribution in [3.8, 4) is 0 Å². The zero-order valence-corrected chi connectivity index (χ0v) is 10.2. The van der Waals surface area contributed by atoms with E-state index in [-0.39, 0.29) is 12.0 Å². The van der Waals surface area contributed by atoms with E-state index in [4.69, 9.17) is 14.2 Å². The summed E-state index contributed by atoms with van der Waals surface area (Å²) in [6.07, 6.45) is 3.91. The van der Waals surface area contributed by atoms with Crippen LogP contribution in [0.25, 0.3) is 0 Å². The van der Waals surface area contributed by atoms with Gasteiger partial charge in [0.1, 0.15) is 0 Å². The number of rotatable bonds is 8. The largest absolute Gasteiger partial charge is 0.396 e. The van der Waals surface area contributed by atoms with E-state index < -0.39 is 0 Å². The van der Waals surface area contributed by atoms with Gasteiger partial charge in [0.15, 0.2) is 0 Å². The Morgan fingerprint density at radius 2 is 2.19 bits per heavy atom. The first kappa shape index (κ1) is 13.9.